The molecule has 0 aliphatic carbocycles. The van der Waals surface area contributed by atoms with E-state index in [4.69, 9.17) is 16.3 Å². The van der Waals surface area contributed by atoms with Crippen molar-refractivity contribution < 1.29 is 22.7 Å². The summed E-state index contributed by atoms with van der Waals surface area (Å²) in [5.74, 6) is -1.17. The number of carbonyl (C=O) groups is 2. The molecule has 8 heteroatoms. The van der Waals surface area contributed by atoms with E-state index in [0.717, 1.165) is 5.56 Å². The van der Waals surface area contributed by atoms with Crippen LogP contribution in [-0.2, 0) is 24.2 Å². The Balaban J connectivity index is 1.77. The molecule has 0 aromatic heterocycles. The molecule has 126 valence electrons. The molecule has 0 bridgehead atoms. The largest absolute Gasteiger partial charge is 0.456 e. The summed E-state index contributed by atoms with van der Waals surface area (Å²) < 4.78 is 27.5. The first kappa shape index (κ1) is 17.7. The second kappa shape index (κ2) is 7.31. The highest BCUT2D eigenvalue weighted by molar-refractivity contribution is 7.91. The van der Waals surface area contributed by atoms with Crippen LogP contribution >= 0.6 is 11.6 Å². The molecule has 1 heterocycles. The van der Waals surface area contributed by atoms with Gasteiger partial charge in [0.25, 0.3) is 5.91 Å². The van der Waals surface area contributed by atoms with Crippen molar-refractivity contribution >= 4 is 39.0 Å². The van der Waals surface area contributed by atoms with Crippen molar-refractivity contribution in [3.63, 3.8) is 0 Å². The summed E-state index contributed by atoms with van der Waals surface area (Å²) in [6.07, 6.45) is 0.473. The van der Waals surface area contributed by atoms with Crippen LogP contribution in [0.4, 0.5) is 5.69 Å². The fourth-order valence-electron chi connectivity index (χ4n) is 2.38. The van der Waals surface area contributed by atoms with E-state index in [1.54, 1.807) is 18.2 Å². The van der Waals surface area contributed by atoms with Crippen LogP contribution < -0.4 is 5.32 Å². The number of ether oxygens (including phenoxy) is 1. The van der Waals surface area contributed by atoms with Crippen LogP contribution in [0, 0.1) is 12.8 Å². The molecule has 0 radical (unpaired) electrons. The molecule has 1 aliphatic heterocycles. The number of nitrogens with one attached hydrogen (secondary N) is 1. The van der Waals surface area contributed by atoms with Crippen LogP contribution in [0.25, 0.3) is 0 Å². The van der Waals surface area contributed by atoms with E-state index in [1.165, 1.54) is 0 Å². The van der Waals surface area contributed by atoms with Crippen molar-refractivity contribution in [1.29, 1.82) is 0 Å². The van der Waals surface area contributed by atoms with Gasteiger partial charge in [0, 0.05) is 6.42 Å². The summed E-state index contributed by atoms with van der Waals surface area (Å²) in [7, 11) is -3.02. The minimum atomic E-state index is -3.02. The van der Waals surface area contributed by atoms with E-state index in [0.29, 0.717) is 17.1 Å². The monoisotopic (exact) mass is 359 g/mol. The average Bonchev–Trinajstić information content (AvgIpc) is 2.79. The van der Waals surface area contributed by atoms with Gasteiger partial charge < -0.3 is 10.1 Å². The van der Waals surface area contributed by atoms with E-state index < -0.39 is 28.3 Å². The van der Waals surface area contributed by atoms with E-state index >= 15 is 0 Å². The average molecular weight is 360 g/mol. The number of benzene rings is 1. The van der Waals surface area contributed by atoms with E-state index in [9.17, 15) is 18.0 Å². The molecule has 23 heavy (non-hydrogen) atoms. The minimum Gasteiger partial charge on any atom is -0.456 e. The number of aryl methyl sites for hydroxylation is 1. The summed E-state index contributed by atoms with van der Waals surface area (Å²) in [6, 6.07) is 5.18. The van der Waals surface area contributed by atoms with Crippen molar-refractivity contribution in [2.45, 2.75) is 19.8 Å². The van der Waals surface area contributed by atoms with Gasteiger partial charge in [0.1, 0.15) is 0 Å². The van der Waals surface area contributed by atoms with Crippen molar-refractivity contribution in [2.24, 2.45) is 5.92 Å². The Hall–Kier alpha value is -1.60. The third kappa shape index (κ3) is 5.51. The maximum atomic E-state index is 11.8. The highest BCUT2D eigenvalue weighted by atomic mass is 35.5. The number of hydrogen-bond donors (Lipinski definition) is 1. The number of esters is 1. The number of rotatable bonds is 5. The van der Waals surface area contributed by atoms with Gasteiger partial charge in [-0.1, -0.05) is 17.7 Å². The first-order valence-corrected chi connectivity index (χ1v) is 9.37. The lowest BCUT2D eigenvalue weighted by molar-refractivity contribution is -0.148. The van der Waals surface area contributed by atoms with Gasteiger partial charge >= 0.3 is 5.97 Å². The molecule has 6 nitrogen and oxygen atoms in total. The van der Waals surface area contributed by atoms with Gasteiger partial charge in [-0.15, -0.1) is 0 Å². The Bertz CT molecular complexity index is 717. The maximum absolute atomic E-state index is 11.8. The summed E-state index contributed by atoms with van der Waals surface area (Å²) in [5.41, 5.74) is 1.41. The molecule has 1 fully saturated rings. The van der Waals surface area contributed by atoms with Gasteiger partial charge in [0.2, 0.25) is 0 Å². The molecule has 0 saturated carbocycles. The highest BCUT2D eigenvalue weighted by Crippen LogP contribution is 2.23. The lowest BCUT2D eigenvalue weighted by Gasteiger charge is -2.10. The number of sulfone groups is 1. The zero-order chi connectivity index (χ0) is 17.0. The number of amides is 1. The molecule has 0 spiro atoms. The first-order chi connectivity index (χ1) is 10.7. The van der Waals surface area contributed by atoms with Crippen molar-refractivity contribution in [2.75, 3.05) is 23.4 Å². The highest BCUT2D eigenvalue weighted by Gasteiger charge is 2.29. The molecule has 1 aromatic carbocycles. The lowest BCUT2D eigenvalue weighted by atomic mass is 10.1. The Morgan fingerprint density at radius 1 is 1.39 bits per heavy atom. The molecule has 1 aromatic rings. The molecule has 1 aliphatic rings. The molecular formula is C15H18ClNO5S. The van der Waals surface area contributed by atoms with E-state index in [-0.39, 0.29) is 23.8 Å². The summed E-state index contributed by atoms with van der Waals surface area (Å²) in [6.45, 7) is 1.45. The third-order valence-corrected chi connectivity index (χ3v) is 5.69. The molecule has 2 rings (SSSR count). The van der Waals surface area contributed by atoms with Crippen LogP contribution in [0.2, 0.25) is 5.02 Å². The zero-order valence-electron chi connectivity index (χ0n) is 12.7. The Kier molecular flexibility index (Phi) is 5.64. The van der Waals surface area contributed by atoms with Crippen LogP contribution in [0.3, 0.4) is 0 Å². The second-order valence-electron chi connectivity index (χ2n) is 5.67. The van der Waals surface area contributed by atoms with Crippen LogP contribution in [0.15, 0.2) is 18.2 Å². The van der Waals surface area contributed by atoms with E-state index in [1.807, 2.05) is 6.92 Å². The Labute approximate surface area is 140 Å². The van der Waals surface area contributed by atoms with Gasteiger partial charge in [-0.3, -0.25) is 9.59 Å². The van der Waals surface area contributed by atoms with Gasteiger partial charge in [0.15, 0.2) is 16.4 Å². The number of anilines is 1. The number of halogens is 1. The van der Waals surface area contributed by atoms with Gasteiger partial charge in [-0.25, -0.2) is 8.42 Å². The Morgan fingerprint density at radius 2 is 2.13 bits per heavy atom. The second-order valence-corrected chi connectivity index (χ2v) is 8.30. The zero-order valence-corrected chi connectivity index (χ0v) is 14.2. The predicted molar refractivity (Wildman–Crippen MR) is 87.2 cm³/mol. The van der Waals surface area contributed by atoms with Crippen LogP contribution in [0.5, 0.6) is 0 Å². The SMILES string of the molecule is Cc1ccc(NC(=O)COC(=O)C[C@@H]2CCS(=O)(=O)C2)c(Cl)c1. The lowest BCUT2D eigenvalue weighted by Crippen LogP contribution is -2.22. The van der Waals surface area contributed by atoms with Crippen LogP contribution in [-0.4, -0.2) is 38.4 Å². The molecular weight excluding hydrogens is 342 g/mol. The van der Waals surface area contributed by atoms with Crippen molar-refractivity contribution in [3.05, 3.63) is 28.8 Å². The topological polar surface area (TPSA) is 89.5 Å². The predicted octanol–water partition coefficient (Wildman–Crippen LogP) is 1.95. The van der Waals surface area contributed by atoms with Crippen molar-refractivity contribution in [1.82, 2.24) is 0 Å². The van der Waals surface area contributed by atoms with Gasteiger partial charge in [0.05, 0.1) is 22.2 Å². The molecule has 0 unspecified atom stereocenters. The maximum Gasteiger partial charge on any atom is 0.306 e. The summed E-state index contributed by atoms with van der Waals surface area (Å²) in [4.78, 5) is 23.4. The number of carbonyl (C=O) groups excluding carboxylic acids is 2. The standard InChI is InChI=1S/C15H18ClNO5S/c1-10-2-3-13(12(16)6-10)17-14(18)8-22-15(19)7-11-4-5-23(20,21)9-11/h2-3,6,11H,4-5,7-9H2,1H3,(H,17,18)/t11-/m0/s1. The normalized spacial score (nSPS) is 19.3. The molecule has 1 saturated heterocycles. The third-order valence-electron chi connectivity index (χ3n) is 3.55. The smallest absolute Gasteiger partial charge is 0.306 e. The summed E-state index contributed by atoms with van der Waals surface area (Å²) >= 11 is 6.00. The quantitative estimate of drug-likeness (QED) is 0.811. The Morgan fingerprint density at radius 3 is 2.74 bits per heavy atom. The molecule has 1 amide bonds. The first-order valence-electron chi connectivity index (χ1n) is 7.17. The fraction of sp³-hybridized carbons (Fsp3) is 0.467. The van der Waals surface area contributed by atoms with Gasteiger partial charge in [-0.2, -0.15) is 0 Å². The van der Waals surface area contributed by atoms with E-state index in [2.05, 4.69) is 5.32 Å². The minimum absolute atomic E-state index is 0.00721. The van der Waals surface area contributed by atoms with Crippen LogP contribution in [0.1, 0.15) is 18.4 Å². The molecule has 1 N–H and O–H groups in total. The summed E-state index contributed by atoms with van der Waals surface area (Å²) in [5, 5.41) is 2.96. The van der Waals surface area contributed by atoms with Gasteiger partial charge in [-0.05, 0) is 37.0 Å². The van der Waals surface area contributed by atoms with Crippen molar-refractivity contribution in [3.8, 4) is 0 Å². The number of hydrogen-bond acceptors (Lipinski definition) is 5. The molecule has 1 atom stereocenters. The fourth-order valence-corrected chi connectivity index (χ4v) is 4.53.